The molecule has 0 heterocycles. The van der Waals surface area contributed by atoms with E-state index in [0.717, 1.165) is 12.8 Å². The van der Waals surface area contributed by atoms with Crippen LogP contribution in [0.3, 0.4) is 0 Å². The van der Waals surface area contributed by atoms with Crippen LogP contribution in [0.5, 0.6) is 0 Å². The third-order valence-electron chi connectivity index (χ3n) is 4.54. The van der Waals surface area contributed by atoms with Gasteiger partial charge in [0.05, 0.1) is 0 Å². The van der Waals surface area contributed by atoms with E-state index in [1.165, 1.54) is 96.3 Å². The Kier molecular flexibility index (Phi) is 20.5. The molecule has 0 aliphatic heterocycles. The average molecular weight is 350 g/mol. The number of nitrogens with two attached hydrogens (primary N) is 1. The van der Waals surface area contributed by atoms with Gasteiger partial charge in [-0.2, -0.15) is 0 Å². The maximum atomic E-state index is 9.41. The van der Waals surface area contributed by atoms with Crippen molar-refractivity contribution < 1.29 is 5.11 Å². The van der Waals surface area contributed by atoms with Crippen LogP contribution in [-0.2, 0) is 0 Å². The third kappa shape index (κ3) is 24.6. The van der Waals surface area contributed by atoms with Crippen LogP contribution in [0.15, 0.2) is 0 Å². The first kappa shape index (κ1) is 25.5. The van der Waals surface area contributed by atoms with Gasteiger partial charge in [0.25, 0.3) is 0 Å². The quantitative estimate of drug-likeness (QED) is 0.226. The zero-order valence-electron chi connectivity index (χ0n) is 16.0. The number of halogens is 1. The predicted molar refractivity (Wildman–Crippen MR) is 106 cm³/mol. The van der Waals surface area contributed by atoms with Gasteiger partial charge in [-0.25, -0.2) is 0 Å². The summed E-state index contributed by atoms with van der Waals surface area (Å²) in [5, 5.41) is 9.41. The highest BCUT2D eigenvalue weighted by Gasteiger charge is 2.11. The fourth-order valence-corrected chi connectivity index (χ4v) is 3.03. The lowest BCUT2D eigenvalue weighted by Crippen LogP contribution is -2.35. The van der Waals surface area contributed by atoms with Crippen LogP contribution in [0.25, 0.3) is 0 Å². The maximum absolute atomic E-state index is 9.41. The van der Waals surface area contributed by atoms with Crippen LogP contribution in [0.1, 0.15) is 123 Å². The molecular formula is C20H44ClNO. The van der Waals surface area contributed by atoms with Crippen molar-refractivity contribution in [1.82, 2.24) is 0 Å². The molecule has 0 bridgehead atoms. The summed E-state index contributed by atoms with van der Waals surface area (Å²) in [4.78, 5) is 0. The first-order chi connectivity index (χ1) is 10.6. The van der Waals surface area contributed by atoms with E-state index in [9.17, 15) is 5.11 Å². The van der Waals surface area contributed by atoms with E-state index in [1.54, 1.807) is 6.92 Å². The summed E-state index contributed by atoms with van der Waals surface area (Å²) in [5.74, 6) is 0. The first-order valence-electron chi connectivity index (χ1n) is 10.1. The molecule has 0 rings (SSSR count). The van der Waals surface area contributed by atoms with Gasteiger partial charge in [0.2, 0.25) is 0 Å². The Morgan fingerprint density at radius 3 is 1.13 bits per heavy atom. The molecule has 2 nitrogen and oxygen atoms in total. The van der Waals surface area contributed by atoms with Gasteiger partial charge in [0.15, 0.2) is 0 Å². The van der Waals surface area contributed by atoms with Crippen LogP contribution in [0.4, 0.5) is 0 Å². The smallest absolute Gasteiger partial charge is 0.110 e. The summed E-state index contributed by atoms with van der Waals surface area (Å²) in [7, 11) is 0. The van der Waals surface area contributed by atoms with Crippen molar-refractivity contribution in [1.29, 1.82) is 0 Å². The monoisotopic (exact) mass is 349 g/mol. The molecule has 0 aliphatic rings. The molecule has 1 atom stereocenters. The minimum atomic E-state index is -0.962. The van der Waals surface area contributed by atoms with E-state index >= 15 is 0 Å². The van der Waals surface area contributed by atoms with Gasteiger partial charge in [0.1, 0.15) is 5.72 Å². The highest BCUT2D eigenvalue weighted by Crippen LogP contribution is 2.15. The Labute approximate surface area is 152 Å². The Morgan fingerprint density at radius 1 is 0.609 bits per heavy atom. The lowest BCUT2D eigenvalue weighted by atomic mass is 10.0. The topological polar surface area (TPSA) is 46.2 Å². The molecule has 142 valence electrons. The number of unbranched alkanes of at least 4 members (excludes halogenated alkanes) is 15. The first-order valence-corrected chi connectivity index (χ1v) is 10.1. The molecule has 0 fully saturated rings. The number of hydrogen-bond acceptors (Lipinski definition) is 2. The van der Waals surface area contributed by atoms with E-state index < -0.39 is 5.72 Å². The zero-order valence-corrected chi connectivity index (χ0v) is 16.8. The molecule has 3 heteroatoms. The Morgan fingerprint density at radius 2 is 0.870 bits per heavy atom. The molecule has 0 aromatic carbocycles. The zero-order chi connectivity index (χ0) is 16.5. The van der Waals surface area contributed by atoms with E-state index in [4.69, 9.17) is 5.73 Å². The van der Waals surface area contributed by atoms with Gasteiger partial charge < -0.3 is 10.8 Å². The minimum absolute atomic E-state index is 0. The second-order valence-electron chi connectivity index (χ2n) is 7.41. The summed E-state index contributed by atoms with van der Waals surface area (Å²) in [6.45, 7) is 3.98. The second-order valence-corrected chi connectivity index (χ2v) is 7.41. The normalized spacial score (nSPS) is 13.6. The van der Waals surface area contributed by atoms with E-state index in [-0.39, 0.29) is 12.4 Å². The van der Waals surface area contributed by atoms with Gasteiger partial charge in [0, 0.05) is 0 Å². The number of aliphatic hydroxyl groups is 1. The largest absolute Gasteiger partial charge is 0.376 e. The molecule has 3 N–H and O–H groups in total. The van der Waals surface area contributed by atoms with Gasteiger partial charge in [-0.3, -0.25) is 0 Å². The molecule has 0 aromatic rings. The summed E-state index contributed by atoms with van der Waals surface area (Å²) in [6.07, 6.45) is 22.8. The Balaban J connectivity index is 0. The van der Waals surface area contributed by atoms with Crippen LogP contribution in [0, 0.1) is 0 Å². The summed E-state index contributed by atoms with van der Waals surface area (Å²) >= 11 is 0. The van der Waals surface area contributed by atoms with Gasteiger partial charge in [-0.05, 0) is 19.8 Å². The molecule has 0 radical (unpaired) electrons. The van der Waals surface area contributed by atoms with Crippen LogP contribution >= 0.6 is 12.4 Å². The molecule has 1 unspecified atom stereocenters. The molecule has 0 saturated heterocycles. The molecule has 0 spiro atoms. The highest BCUT2D eigenvalue weighted by molar-refractivity contribution is 5.85. The molecule has 0 saturated carbocycles. The van der Waals surface area contributed by atoms with Gasteiger partial charge in [-0.15, -0.1) is 12.4 Å². The van der Waals surface area contributed by atoms with Crippen molar-refractivity contribution in [2.45, 2.75) is 129 Å². The molecule has 0 aromatic heterocycles. The Hall–Kier alpha value is 0.210. The molecular weight excluding hydrogens is 306 g/mol. The van der Waals surface area contributed by atoms with Gasteiger partial charge >= 0.3 is 0 Å². The maximum Gasteiger partial charge on any atom is 0.110 e. The number of hydrogen-bond donors (Lipinski definition) is 2. The average Bonchev–Trinajstić information content (AvgIpc) is 2.45. The lowest BCUT2D eigenvalue weighted by molar-refractivity contribution is 0.0550. The molecule has 0 amide bonds. The van der Waals surface area contributed by atoms with Crippen LogP contribution in [0.2, 0.25) is 0 Å². The van der Waals surface area contributed by atoms with E-state index in [1.807, 2.05) is 0 Å². The standard InChI is InChI=1S/C20H43NO.ClH/c1-3-4-5-6-7-8-9-10-11-12-13-14-15-16-17-18-19-20(2,21)22;/h22H,3-19,21H2,1-2H3;1H. The van der Waals surface area contributed by atoms with E-state index in [0.29, 0.717) is 0 Å². The van der Waals surface area contributed by atoms with Crippen molar-refractivity contribution in [3.05, 3.63) is 0 Å². The predicted octanol–water partition coefficient (Wildman–Crippen LogP) is 6.73. The molecule has 0 aliphatic carbocycles. The van der Waals surface area contributed by atoms with Crippen molar-refractivity contribution in [2.75, 3.05) is 0 Å². The fourth-order valence-electron chi connectivity index (χ4n) is 3.03. The third-order valence-corrected chi connectivity index (χ3v) is 4.54. The van der Waals surface area contributed by atoms with Crippen molar-refractivity contribution in [3.8, 4) is 0 Å². The van der Waals surface area contributed by atoms with Crippen LogP contribution in [-0.4, -0.2) is 10.8 Å². The van der Waals surface area contributed by atoms with E-state index in [2.05, 4.69) is 6.92 Å². The Bertz CT molecular complexity index is 216. The van der Waals surface area contributed by atoms with Crippen LogP contribution < -0.4 is 5.73 Å². The second kappa shape index (κ2) is 18.5. The lowest BCUT2D eigenvalue weighted by Gasteiger charge is -2.16. The van der Waals surface area contributed by atoms with Crippen molar-refractivity contribution in [3.63, 3.8) is 0 Å². The van der Waals surface area contributed by atoms with Gasteiger partial charge in [-0.1, -0.05) is 103 Å². The van der Waals surface area contributed by atoms with Crippen molar-refractivity contribution >= 4 is 12.4 Å². The SMILES string of the molecule is CCCCCCCCCCCCCCCCCCC(C)(N)O.Cl. The molecule has 23 heavy (non-hydrogen) atoms. The van der Waals surface area contributed by atoms with Crippen molar-refractivity contribution in [2.24, 2.45) is 5.73 Å². The highest BCUT2D eigenvalue weighted by atomic mass is 35.5. The summed E-state index contributed by atoms with van der Waals surface area (Å²) < 4.78 is 0. The summed E-state index contributed by atoms with van der Waals surface area (Å²) in [5.41, 5.74) is 4.59. The minimum Gasteiger partial charge on any atom is -0.376 e. The fraction of sp³-hybridized carbons (Fsp3) is 1.00. The number of rotatable bonds is 17. The summed E-state index contributed by atoms with van der Waals surface area (Å²) in [6, 6.07) is 0.